The Labute approximate surface area is 175 Å². The molecular weight excluding hydrogens is 400 g/mol. The first-order valence-electron chi connectivity index (χ1n) is 9.18. The molecule has 0 fully saturated rings. The van der Waals surface area contributed by atoms with Gasteiger partial charge in [-0.05, 0) is 10.8 Å². The minimum atomic E-state index is -0.488. The van der Waals surface area contributed by atoms with Crippen LogP contribution in [0.1, 0.15) is 54.4 Å². The third kappa shape index (κ3) is 18.0. The van der Waals surface area contributed by atoms with Crippen molar-refractivity contribution in [2.24, 2.45) is 10.8 Å². The fourth-order valence-electron chi connectivity index (χ4n) is 1.92. The van der Waals surface area contributed by atoms with E-state index in [0.717, 1.165) is 0 Å². The summed E-state index contributed by atoms with van der Waals surface area (Å²) >= 11 is 0. The van der Waals surface area contributed by atoms with Crippen molar-refractivity contribution in [3.05, 3.63) is 0 Å². The Bertz CT molecular complexity index is 495. The number of urea groups is 2. The fourth-order valence-corrected chi connectivity index (χ4v) is 3.74. The van der Waals surface area contributed by atoms with Gasteiger partial charge in [-0.25, -0.2) is 9.59 Å². The van der Waals surface area contributed by atoms with E-state index in [4.69, 9.17) is 0 Å². The smallest absolute Gasteiger partial charge is 0.321 e. The van der Waals surface area contributed by atoms with Gasteiger partial charge in [-0.1, -0.05) is 63.1 Å². The molecule has 28 heavy (non-hydrogen) atoms. The van der Waals surface area contributed by atoms with E-state index in [1.165, 1.54) is 0 Å². The minimum Gasteiger partial charge on any atom is -0.337 e. The number of imide groups is 2. The van der Waals surface area contributed by atoms with Crippen LogP contribution in [0, 0.1) is 10.8 Å². The average molecular weight is 435 g/mol. The van der Waals surface area contributed by atoms with Crippen LogP contribution in [0.2, 0.25) is 0 Å². The highest BCUT2D eigenvalue weighted by Crippen LogP contribution is 2.20. The Morgan fingerprint density at radius 2 is 0.964 bits per heavy atom. The maximum Gasteiger partial charge on any atom is 0.321 e. The van der Waals surface area contributed by atoms with Crippen molar-refractivity contribution in [1.82, 2.24) is 21.3 Å². The van der Waals surface area contributed by atoms with Gasteiger partial charge in [-0.15, -0.1) is 0 Å². The minimum absolute atomic E-state index is 0.165. The number of hydrogen-bond acceptors (Lipinski definition) is 6. The van der Waals surface area contributed by atoms with Gasteiger partial charge in [0.05, 0.1) is 0 Å². The zero-order valence-electron chi connectivity index (χ0n) is 17.7. The summed E-state index contributed by atoms with van der Waals surface area (Å²) in [7, 11) is 3.10. The highest BCUT2D eigenvalue weighted by atomic mass is 33.1. The summed E-state index contributed by atoms with van der Waals surface area (Å²) in [6.07, 6.45) is 0.570. The molecule has 0 aromatic heterocycles. The zero-order chi connectivity index (χ0) is 21.8. The van der Waals surface area contributed by atoms with Crippen LogP contribution in [-0.4, -0.2) is 48.5 Å². The van der Waals surface area contributed by atoms with E-state index in [-0.39, 0.29) is 35.5 Å². The van der Waals surface area contributed by atoms with Gasteiger partial charge in [0.25, 0.3) is 0 Å². The first-order chi connectivity index (χ1) is 12.8. The number of hydrogen-bond donors (Lipinski definition) is 4. The molecule has 0 aromatic rings. The van der Waals surface area contributed by atoms with Gasteiger partial charge in [0.1, 0.15) is 0 Å². The molecule has 0 aliphatic heterocycles. The lowest BCUT2D eigenvalue weighted by Gasteiger charge is -2.17. The van der Waals surface area contributed by atoms with Crippen molar-refractivity contribution in [3.8, 4) is 0 Å². The summed E-state index contributed by atoms with van der Waals surface area (Å²) in [5, 5.41) is 9.86. The molecule has 0 spiro atoms. The predicted molar refractivity (Wildman–Crippen MR) is 116 cm³/mol. The van der Waals surface area contributed by atoms with Crippen molar-refractivity contribution in [3.63, 3.8) is 0 Å². The van der Waals surface area contributed by atoms with Crippen LogP contribution in [0.15, 0.2) is 0 Å². The highest BCUT2D eigenvalue weighted by Gasteiger charge is 2.18. The van der Waals surface area contributed by atoms with E-state index in [0.29, 0.717) is 24.6 Å². The summed E-state index contributed by atoms with van der Waals surface area (Å²) in [6, 6.07) is -0.976. The summed E-state index contributed by atoms with van der Waals surface area (Å²) in [4.78, 5) is 46.4. The Balaban J connectivity index is 3.64. The van der Waals surface area contributed by atoms with Gasteiger partial charge in [-0.3, -0.25) is 20.2 Å². The molecule has 0 radical (unpaired) electrons. The second kappa shape index (κ2) is 12.9. The van der Waals surface area contributed by atoms with E-state index in [9.17, 15) is 19.2 Å². The SMILES string of the molecule is CC(C)(C)CC(=O)NC(=O)NCCSSCCNC(=O)NC(=O)CC(C)(C)C. The molecule has 0 unspecified atom stereocenters. The lowest BCUT2D eigenvalue weighted by atomic mass is 9.92. The van der Waals surface area contributed by atoms with Crippen molar-refractivity contribution < 1.29 is 19.2 Å². The number of rotatable bonds is 9. The third-order valence-electron chi connectivity index (χ3n) is 2.91. The Morgan fingerprint density at radius 1 is 0.643 bits per heavy atom. The van der Waals surface area contributed by atoms with E-state index in [2.05, 4.69) is 21.3 Å². The molecule has 0 saturated heterocycles. The molecule has 10 heteroatoms. The van der Waals surface area contributed by atoms with Gasteiger partial charge in [0.2, 0.25) is 11.8 Å². The van der Waals surface area contributed by atoms with Crippen LogP contribution in [-0.2, 0) is 9.59 Å². The Morgan fingerprint density at radius 3 is 1.25 bits per heavy atom. The quantitative estimate of drug-likeness (QED) is 0.327. The molecule has 8 nitrogen and oxygen atoms in total. The van der Waals surface area contributed by atoms with Gasteiger partial charge < -0.3 is 10.6 Å². The molecule has 0 heterocycles. The number of carbonyl (C=O) groups is 4. The summed E-state index contributed by atoms with van der Waals surface area (Å²) in [5.74, 6) is 0.749. The van der Waals surface area contributed by atoms with Crippen LogP contribution in [0.3, 0.4) is 0 Å². The molecular formula is C18H34N4O4S2. The number of amides is 6. The largest absolute Gasteiger partial charge is 0.337 e. The standard InChI is InChI=1S/C18H34N4O4S2/c1-17(2,3)11-13(23)21-15(25)19-7-9-27-28-10-8-20-16(26)22-14(24)12-18(4,5)6/h7-12H2,1-6H3,(H2,19,21,23,25)(H2,20,22,24,26). The number of carbonyl (C=O) groups excluding carboxylic acids is 4. The molecule has 4 N–H and O–H groups in total. The lowest BCUT2D eigenvalue weighted by Crippen LogP contribution is -2.41. The normalized spacial score (nSPS) is 11.5. The first kappa shape index (κ1) is 26.6. The average Bonchev–Trinajstić information content (AvgIpc) is 2.45. The van der Waals surface area contributed by atoms with Crippen molar-refractivity contribution in [2.75, 3.05) is 24.6 Å². The van der Waals surface area contributed by atoms with E-state index in [1.54, 1.807) is 21.6 Å². The molecule has 0 aliphatic rings. The highest BCUT2D eigenvalue weighted by molar-refractivity contribution is 8.76. The maximum atomic E-state index is 11.6. The summed E-state index contributed by atoms with van der Waals surface area (Å²) in [6.45, 7) is 12.5. The predicted octanol–water partition coefficient (Wildman–Crippen LogP) is 2.89. The molecule has 0 saturated carbocycles. The lowest BCUT2D eigenvalue weighted by molar-refractivity contribution is -0.122. The molecule has 0 rings (SSSR count). The fraction of sp³-hybridized carbons (Fsp3) is 0.778. The monoisotopic (exact) mass is 434 g/mol. The molecule has 0 aliphatic carbocycles. The second-order valence-electron chi connectivity index (χ2n) is 8.73. The van der Waals surface area contributed by atoms with E-state index < -0.39 is 12.1 Å². The summed E-state index contributed by atoms with van der Waals surface area (Å²) in [5.41, 5.74) is -0.330. The second-order valence-corrected chi connectivity index (χ2v) is 11.4. The van der Waals surface area contributed by atoms with Crippen LogP contribution in [0.4, 0.5) is 9.59 Å². The van der Waals surface area contributed by atoms with E-state index in [1.807, 2.05) is 41.5 Å². The van der Waals surface area contributed by atoms with Gasteiger partial charge in [0.15, 0.2) is 0 Å². The van der Waals surface area contributed by atoms with Gasteiger partial charge in [0, 0.05) is 37.4 Å². The Hall–Kier alpha value is -1.42. The van der Waals surface area contributed by atoms with Crippen LogP contribution >= 0.6 is 21.6 Å². The number of nitrogens with one attached hydrogen (secondary N) is 4. The molecule has 0 aromatic carbocycles. The summed E-state index contributed by atoms with van der Waals surface area (Å²) < 4.78 is 0. The van der Waals surface area contributed by atoms with Crippen molar-refractivity contribution in [1.29, 1.82) is 0 Å². The van der Waals surface area contributed by atoms with Gasteiger partial charge >= 0.3 is 12.1 Å². The molecule has 0 atom stereocenters. The van der Waals surface area contributed by atoms with Crippen molar-refractivity contribution >= 4 is 45.5 Å². The van der Waals surface area contributed by atoms with Crippen molar-refractivity contribution in [2.45, 2.75) is 54.4 Å². The maximum absolute atomic E-state index is 11.6. The topological polar surface area (TPSA) is 116 Å². The zero-order valence-corrected chi connectivity index (χ0v) is 19.3. The Kier molecular flexibility index (Phi) is 12.3. The third-order valence-corrected chi connectivity index (χ3v) is 5.32. The molecule has 6 amide bonds. The first-order valence-corrected chi connectivity index (χ1v) is 11.7. The molecule has 0 bridgehead atoms. The van der Waals surface area contributed by atoms with Gasteiger partial charge in [-0.2, -0.15) is 0 Å². The van der Waals surface area contributed by atoms with Crippen LogP contribution in [0.5, 0.6) is 0 Å². The van der Waals surface area contributed by atoms with E-state index >= 15 is 0 Å². The van der Waals surface area contributed by atoms with Crippen LogP contribution in [0.25, 0.3) is 0 Å². The molecule has 162 valence electrons. The van der Waals surface area contributed by atoms with Crippen LogP contribution < -0.4 is 21.3 Å².